The van der Waals surface area contributed by atoms with E-state index in [4.69, 9.17) is 0 Å². The van der Waals surface area contributed by atoms with Crippen molar-refractivity contribution in [2.75, 3.05) is 44.2 Å². The Morgan fingerprint density at radius 1 is 1.12 bits per heavy atom. The quantitative estimate of drug-likeness (QED) is 0.658. The summed E-state index contributed by atoms with van der Waals surface area (Å²) in [6.07, 6.45) is 0.0770. The number of likely N-dealkylation sites (tertiary alicyclic amines) is 1. The summed E-state index contributed by atoms with van der Waals surface area (Å²) in [6, 6.07) is 12.7. The number of piperidine rings is 1. The first-order chi connectivity index (χ1) is 15.5. The van der Waals surface area contributed by atoms with Gasteiger partial charge in [-0.25, -0.2) is 4.39 Å². The number of fused-ring (bicyclic) bond motifs is 1. The van der Waals surface area contributed by atoms with Gasteiger partial charge in [-0.1, -0.05) is 23.8 Å². The van der Waals surface area contributed by atoms with Crippen molar-refractivity contribution >= 4 is 22.5 Å². The van der Waals surface area contributed by atoms with Crippen molar-refractivity contribution in [2.45, 2.75) is 25.5 Å². The van der Waals surface area contributed by atoms with Crippen LogP contribution in [0.25, 0.3) is 10.9 Å². The summed E-state index contributed by atoms with van der Waals surface area (Å²) < 4.78 is 14.1. The summed E-state index contributed by atoms with van der Waals surface area (Å²) >= 11 is 0. The molecule has 3 aromatic rings. The van der Waals surface area contributed by atoms with Crippen molar-refractivity contribution in [3.63, 3.8) is 0 Å². The number of carbonyl (C=O) groups is 1. The van der Waals surface area contributed by atoms with Crippen LogP contribution < -0.4 is 4.90 Å². The number of β-amino-alcohol motifs (C(OH)–C–C–N with tert-alkyl or cyclic N) is 1. The van der Waals surface area contributed by atoms with E-state index in [2.05, 4.69) is 20.0 Å². The molecular weight excluding hydrogens is 409 g/mol. The zero-order chi connectivity index (χ0) is 22.2. The Bertz CT molecular complexity index is 1120. The summed E-state index contributed by atoms with van der Waals surface area (Å²) in [6.45, 7) is 5.80. The second-order valence-electron chi connectivity index (χ2n) is 8.77. The Morgan fingerprint density at radius 3 is 2.66 bits per heavy atom. The number of aromatic amines is 1. The highest BCUT2D eigenvalue weighted by atomic mass is 19.1. The first-order valence-corrected chi connectivity index (χ1v) is 11.2. The minimum absolute atomic E-state index is 0.00000664. The van der Waals surface area contributed by atoms with Crippen LogP contribution in [0.5, 0.6) is 0 Å². The molecule has 8 heteroatoms. The number of hydrogen-bond donors (Lipinski definition) is 2. The number of aromatic nitrogens is 2. The number of para-hydroxylation sites is 1. The number of halogens is 1. The molecule has 3 heterocycles. The fourth-order valence-electron chi connectivity index (χ4n) is 4.97. The smallest absolute Gasteiger partial charge is 0.275 e. The fourth-order valence-corrected chi connectivity index (χ4v) is 4.97. The van der Waals surface area contributed by atoms with E-state index < -0.39 is 6.10 Å². The zero-order valence-electron chi connectivity index (χ0n) is 18.2. The third kappa shape index (κ3) is 3.84. The van der Waals surface area contributed by atoms with Gasteiger partial charge in [0.25, 0.3) is 5.91 Å². The molecule has 32 heavy (non-hydrogen) atoms. The lowest BCUT2D eigenvalue weighted by atomic mass is 9.98. The predicted molar refractivity (Wildman–Crippen MR) is 121 cm³/mol. The topological polar surface area (TPSA) is 75.7 Å². The Balaban J connectivity index is 1.22. The average molecular weight is 438 g/mol. The van der Waals surface area contributed by atoms with Crippen LogP contribution in [0.4, 0.5) is 10.1 Å². The van der Waals surface area contributed by atoms with Crippen molar-refractivity contribution in [1.82, 2.24) is 20.0 Å². The first kappa shape index (κ1) is 20.9. The second kappa shape index (κ2) is 8.52. The van der Waals surface area contributed by atoms with Crippen LogP contribution >= 0.6 is 0 Å². The number of amides is 1. The molecule has 0 saturated carbocycles. The Kier molecular flexibility index (Phi) is 5.57. The second-order valence-corrected chi connectivity index (χ2v) is 8.77. The number of benzene rings is 2. The standard InChI is InChI=1S/C24H28FN5O2/c1-16-6-7-19-17(14-16)23(27-26-19)24(32)30-9-8-21(22(31)15-30)29-12-10-28(11-13-29)20-5-3-2-4-18(20)25/h2-7,14,21-22,31H,8-13,15H2,1H3,(H,26,27). The van der Waals surface area contributed by atoms with Gasteiger partial charge in [0.15, 0.2) is 5.69 Å². The number of aryl methyl sites for hydroxylation is 1. The van der Waals surface area contributed by atoms with E-state index in [1.807, 2.05) is 37.3 Å². The van der Waals surface area contributed by atoms with Crippen LogP contribution in [0.2, 0.25) is 0 Å². The van der Waals surface area contributed by atoms with E-state index in [1.54, 1.807) is 11.0 Å². The van der Waals surface area contributed by atoms with E-state index >= 15 is 0 Å². The van der Waals surface area contributed by atoms with Gasteiger partial charge in [0.05, 0.1) is 17.3 Å². The molecule has 1 amide bonds. The van der Waals surface area contributed by atoms with Crippen molar-refractivity contribution in [1.29, 1.82) is 0 Å². The molecule has 168 valence electrons. The molecule has 2 N–H and O–H groups in total. The number of rotatable bonds is 3. The lowest BCUT2D eigenvalue weighted by Crippen LogP contribution is -2.59. The van der Waals surface area contributed by atoms with Gasteiger partial charge >= 0.3 is 0 Å². The molecule has 0 radical (unpaired) electrons. The first-order valence-electron chi connectivity index (χ1n) is 11.2. The summed E-state index contributed by atoms with van der Waals surface area (Å²) in [5, 5.41) is 18.9. The molecule has 1 aromatic heterocycles. The lowest BCUT2D eigenvalue weighted by Gasteiger charge is -2.45. The number of anilines is 1. The van der Waals surface area contributed by atoms with Crippen LogP contribution in [0.1, 0.15) is 22.5 Å². The molecule has 0 bridgehead atoms. The molecule has 2 aliphatic rings. The highest BCUT2D eigenvalue weighted by Crippen LogP contribution is 2.25. The minimum atomic E-state index is -0.625. The summed E-state index contributed by atoms with van der Waals surface area (Å²) in [7, 11) is 0. The molecule has 2 unspecified atom stereocenters. The normalized spacial score (nSPS) is 22.5. The number of nitrogens with one attached hydrogen (secondary N) is 1. The summed E-state index contributed by atoms with van der Waals surface area (Å²) in [5.74, 6) is -0.349. The maximum Gasteiger partial charge on any atom is 0.275 e. The molecule has 2 saturated heterocycles. The van der Waals surface area contributed by atoms with Crippen LogP contribution in [0.3, 0.4) is 0 Å². The van der Waals surface area contributed by atoms with Crippen LogP contribution in [0, 0.1) is 12.7 Å². The third-order valence-corrected chi connectivity index (χ3v) is 6.73. The summed E-state index contributed by atoms with van der Waals surface area (Å²) in [5.41, 5.74) is 2.95. The Hall–Kier alpha value is -2.97. The number of aliphatic hydroxyl groups excluding tert-OH is 1. The number of piperazine rings is 1. The average Bonchev–Trinajstić information content (AvgIpc) is 3.22. The molecule has 0 aliphatic carbocycles. The highest BCUT2D eigenvalue weighted by Gasteiger charge is 2.36. The van der Waals surface area contributed by atoms with Gasteiger partial charge in [-0.15, -0.1) is 0 Å². The molecule has 2 atom stereocenters. The van der Waals surface area contributed by atoms with Gasteiger partial charge in [0.1, 0.15) is 5.82 Å². The minimum Gasteiger partial charge on any atom is -0.390 e. The molecule has 0 spiro atoms. The van der Waals surface area contributed by atoms with Crippen molar-refractivity contribution in [3.8, 4) is 0 Å². The largest absolute Gasteiger partial charge is 0.390 e. The third-order valence-electron chi connectivity index (χ3n) is 6.73. The van der Waals surface area contributed by atoms with E-state index in [0.29, 0.717) is 37.4 Å². The van der Waals surface area contributed by atoms with Gasteiger partial charge in [-0.2, -0.15) is 5.10 Å². The van der Waals surface area contributed by atoms with Gasteiger partial charge in [-0.3, -0.25) is 14.8 Å². The maximum atomic E-state index is 14.1. The zero-order valence-corrected chi connectivity index (χ0v) is 18.2. The van der Waals surface area contributed by atoms with Crippen molar-refractivity contribution in [2.24, 2.45) is 0 Å². The monoisotopic (exact) mass is 437 g/mol. The summed E-state index contributed by atoms with van der Waals surface area (Å²) in [4.78, 5) is 19.2. The molecule has 2 aliphatic heterocycles. The van der Waals surface area contributed by atoms with E-state index in [1.165, 1.54) is 6.07 Å². The number of aliphatic hydroxyl groups is 1. The fraction of sp³-hybridized carbons (Fsp3) is 0.417. The Morgan fingerprint density at radius 2 is 1.91 bits per heavy atom. The van der Waals surface area contributed by atoms with Gasteiger partial charge in [0.2, 0.25) is 0 Å². The molecular formula is C24H28FN5O2. The number of carbonyl (C=O) groups excluding carboxylic acids is 1. The van der Waals surface area contributed by atoms with Crippen molar-refractivity contribution in [3.05, 3.63) is 59.5 Å². The lowest BCUT2D eigenvalue weighted by molar-refractivity contribution is -0.0108. The SMILES string of the molecule is Cc1ccc2[nH]nc(C(=O)N3CCC(N4CCN(c5ccccc5F)CC4)C(O)C3)c2c1. The van der Waals surface area contributed by atoms with E-state index in [0.717, 1.165) is 29.6 Å². The molecule has 7 nitrogen and oxygen atoms in total. The molecule has 2 fully saturated rings. The van der Waals surface area contributed by atoms with Crippen LogP contribution in [-0.2, 0) is 0 Å². The van der Waals surface area contributed by atoms with Gasteiger partial charge < -0.3 is 14.9 Å². The highest BCUT2D eigenvalue weighted by molar-refractivity contribution is 6.04. The number of nitrogens with zero attached hydrogens (tertiary/aromatic N) is 4. The number of H-pyrrole nitrogens is 1. The molecule has 2 aromatic carbocycles. The Labute approximate surface area is 186 Å². The van der Waals surface area contributed by atoms with E-state index in [9.17, 15) is 14.3 Å². The van der Waals surface area contributed by atoms with E-state index in [-0.39, 0.29) is 24.3 Å². The van der Waals surface area contributed by atoms with Crippen LogP contribution in [-0.4, -0.2) is 82.4 Å². The van der Waals surface area contributed by atoms with Crippen molar-refractivity contribution < 1.29 is 14.3 Å². The molecule has 5 rings (SSSR count). The van der Waals surface area contributed by atoms with Crippen LogP contribution in [0.15, 0.2) is 42.5 Å². The maximum absolute atomic E-state index is 14.1. The number of hydrogen-bond acceptors (Lipinski definition) is 5. The van der Waals surface area contributed by atoms with Gasteiger partial charge in [0, 0.05) is 50.7 Å². The predicted octanol–water partition coefficient (Wildman–Crippen LogP) is 2.41. The van der Waals surface area contributed by atoms with Gasteiger partial charge in [-0.05, 0) is 37.6 Å².